The van der Waals surface area contributed by atoms with Crippen molar-refractivity contribution in [1.82, 2.24) is 4.98 Å². The van der Waals surface area contributed by atoms with Crippen molar-refractivity contribution in [2.75, 3.05) is 0 Å². The van der Waals surface area contributed by atoms with Crippen LogP contribution in [0, 0.1) is 0 Å². The zero-order valence-electron chi connectivity index (χ0n) is 8.17. The molecule has 1 aliphatic carbocycles. The normalized spacial score (nSPS) is 20.7. The monoisotopic (exact) mass is 210 g/mol. The molecule has 0 bridgehead atoms. The van der Waals surface area contributed by atoms with E-state index >= 15 is 0 Å². The number of pyridine rings is 1. The summed E-state index contributed by atoms with van der Waals surface area (Å²) < 4.78 is 0. The fourth-order valence-electron chi connectivity index (χ4n) is 2.14. The molecule has 2 N–H and O–H groups in total. The lowest BCUT2D eigenvalue weighted by molar-refractivity contribution is 0.301. The second kappa shape index (κ2) is 3.87. The third-order valence-electron chi connectivity index (χ3n) is 3.05. The first-order valence-corrected chi connectivity index (χ1v) is 5.49. The van der Waals surface area contributed by atoms with Gasteiger partial charge in [0.2, 0.25) is 0 Å². The highest BCUT2D eigenvalue weighted by atomic mass is 35.5. The van der Waals surface area contributed by atoms with Crippen molar-refractivity contribution < 1.29 is 0 Å². The minimum Gasteiger partial charge on any atom is -0.321 e. The lowest BCUT2D eigenvalue weighted by atomic mass is 9.78. The first-order valence-electron chi connectivity index (χ1n) is 5.12. The molecule has 1 saturated carbocycles. The van der Waals surface area contributed by atoms with Gasteiger partial charge in [0, 0.05) is 11.7 Å². The number of nitrogens with zero attached hydrogens (tertiary/aromatic N) is 1. The molecular formula is C11H15ClN2. The Bertz CT molecular complexity index is 302. The molecule has 0 aromatic carbocycles. The largest absolute Gasteiger partial charge is 0.321 e. The van der Waals surface area contributed by atoms with Crippen LogP contribution in [0.1, 0.15) is 37.7 Å². The number of aromatic nitrogens is 1. The zero-order valence-corrected chi connectivity index (χ0v) is 8.93. The average Bonchev–Trinajstić information content (AvgIpc) is 2.19. The summed E-state index contributed by atoms with van der Waals surface area (Å²) in [6.45, 7) is 0. The van der Waals surface area contributed by atoms with Crippen molar-refractivity contribution in [3.8, 4) is 0 Å². The first-order chi connectivity index (χ1) is 6.71. The summed E-state index contributed by atoms with van der Waals surface area (Å²) in [6.07, 6.45) is 7.69. The smallest absolute Gasteiger partial charge is 0.129 e. The third kappa shape index (κ3) is 1.91. The van der Waals surface area contributed by atoms with E-state index in [1.54, 1.807) is 0 Å². The molecule has 14 heavy (non-hydrogen) atoms. The van der Waals surface area contributed by atoms with Crippen LogP contribution < -0.4 is 5.73 Å². The highest BCUT2D eigenvalue weighted by Crippen LogP contribution is 2.34. The van der Waals surface area contributed by atoms with Gasteiger partial charge >= 0.3 is 0 Å². The van der Waals surface area contributed by atoms with Crippen LogP contribution in [-0.4, -0.2) is 4.98 Å². The van der Waals surface area contributed by atoms with Crippen molar-refractivity contribution in [2.24, 2.45) is 5.73 Å². The molecule has 1 aromatic rings. The van der Waals surface area contributed by atoms with Gasteiger partial charge in [0.25, 0.3) is 0 Å². The molecule has 0 aliphatic heterocycles. The van der Waals surface area contributed by atoms with E-state index in [2.05, 4.69) is 4.98 Å². The molecule has 3 heteroatoms. The van der Waals surface area contributed by atoms with Crippen LogP contribution in [-0.2, 0) is 5.54 Å². The van der Waals surface area contributed by atoms with E-state index < -0.39 is 0 Å². The van der Waals surface area contributed by atoms with E-state index in [-0.39, 0.29) is 5.54 Å². The van der Waals surface area contributed by atoms with Crippen LogP contribution >= 0.6 is 11.6 Å². The quantitative estimate of drug-likeness (QED) is 0.724. The average molecular weight is 211 g/mol. The van der Waals surface area contributed by atoms with E-state index in [1.165, 1.54) is 19.3 Å². The molecule has 2 rings (SSSR count). The molecule has 1 fully saturated rings. The maximum Gasteiger partial charge on any atom is 0.129 e. The Kier molecular flexibility index (Phi) is 2.75. The first kappa shape index (κ1) is 9.94. The minimum absolute atomic E-state index is 0.157. The van der Waals surface area contributed by atoms with Crippen molar-refractivity contribution >= 4 is 11.6 Å². The van der Waals surface area contributed by atoms with Crippen molar-refractivity contribution in [3.05, 3.63) is 29.0 Å². The Hall–Kier alpha value is -0.600. The predicted molar refractivity (Wildman–Crippen MR) is 58.2 cm³/mol. The molecule has 0 saturated heterocycles. The third-order valence-corrected chi connectivity index (χ3v) is 3.27. The maximum absolute atomic E-state index is 6.35. The Morgan fingerprint density at radius 2 is 1.93 bits per heavy atom. The molecular weight excluding hydrogens is 196 g/mol. The number of hydrogen-bond donors (Lipinski definition) is 1. The van der Waals surface area contributed by atoms with Gasteiger partial charge in [-0.2, -0.15) is 0 Å². The molecule has 0 atom stereocenters. The van der Waals surface area contributed by atoms with Gasteiger partial charge in [0.15, 0.2) is 0 Å². The van der Waals surface area contributed by atoms with Crippen molar-refractivity contribution in [2.45, 2.75) is 37.6 Å². The second-order valence-corrected chi connectivity index (χ2v) is 4.47. The molecule has 1 aromatic heterocycles. The molecule has 0 radical (unpaired) electrons. The summed E-state index contributed by atoms with van der Waals surface area (Å²) in [6, 6.07) is 3.82. The van der Waals surface area contributed by atoms with Crippen molar-refractivity contribution in [3.63, 3.8) is 0 Å². The summed E-state index contributed by atoms with van der Waals surface area (Å²) in [5.74, 6) is 0. The summed E-state index contributed by atoms with van der Waals surface area (Å²) in [4.78, 5) is 4.08. The molecule has 1 aliphatic rings. The Morgan fingerprint density at radius 3 is 2.50 bits per heavy atom. The maximum atomic E-state index is 6.35. The van der Waals surface area contributed by atoms with Gasteiger partial charge in [-0.1, -0.05) is 36.9 Å². The SMILES string of the molecule is NC1(c2ccc(Cl)nc2)CCCCC1. The molecule has 0 unspecified atom stereocenters. The van der Waals surface area contributed by atoms with Crippen LogP contribution in [0.5, 0.6) is 0 Å². The Labute approximate surface area is 89.5 Å². The van der Waals surface area contributed by atoms with E-state index in [9.17, 15) is 0 Å². The van der Waals surface area contributed by atoms with E-state index in [0.717, 1.165) is 18.4 Å². The summed E-state index contributed by atoms with van der Waals surface area (Å²) in [5.41, 5.74) is 7.32. The predicted octanol–water partition coefficient (Wildman–Crippen LogP) is 2.85. The van der Waals surface area contributed by atoms with Crippen LogP contribution in [0.3, 0.4) is 0 Å². The number of hydrogen-bond acceptors (Lipinski definition) is 2. The van der Waals surface area contributed by atoms with Crippen molar-refractivity contribution in [1.29, 1.82) is 0 Å². The summed E-state index contributed by atoms with van der Waals surface area (Å²) >= 11 is 5.74. The van der Waals surface area contributed by atoms with Gasteiger partial charge in [0.05, 0.1) is 0 Å². The lowest BCUT2D eigenvalue weighted by Crippen LogP contribution is -2.38. The number of nitrogens with two attached hydrogens (primary N) is 1. The van der Waals surface area contributed by atoms with Crippen LogP contribution in [0.15, 0.2) is 18.3 Å². The van der Waals surface area contributed by atoms with Crippen LogP contribution in [0.4, 0.5) is 0 Å². The van der Waals surface area contributed by atoms with Gasteiger partial charge in [-0.15, -0.1) is 0 Å². The fourth-order valence-corrected chi connectivity index (χ4v) is 2.25. The lowest BCUT2D eigenvalue weighted by Gasteiger charge is -2.33. The summed E-state index contributed by atoms with van der Waals surface area (Å²) in [7, 11) is 0. The van der Waals surface area contributed by atoms with Crippen LogP contribution in [0.2, 0.25) is 5.15 Å². The molecule has 0 spiro atoms. The van der Waals surface area contributed by atoms with Gasteiger partial charge in [0.1, 0.15) is 5.15 Å². The Morgan fingerprint density at radius 1 is 1.21 bits per heavy atom. The van der Waals surface area contributed by atoms with E-state index in [1.807, 2.05) is 18.3 Å². The standard InChI is InChI=1S/C11H15ClN2/c12-10-5-4-9(8-14-10)11(13)6-2-1-3-7-11/h4-5,8H,1-3,6-7,13H2. The van der Waals surface area contributed by atoms with E-state index in [4.69, 9.17) is 17.3 Å². The van der Waals surface area contributed by atoms with Gasteiger partial charge < -0.3 is 5.73 Å². The fraction of sp³-hybridized carbons (Fsp3) is 0.545. The second-order valence-electron chi connectivity index (χ2n) is 4.09. The Balaban J connectivity index is 2.23. The summed E-state index contributed by atoms with van der Waals surface area (Å²) in [5, 5.41) is 0.535. The highest BCUT2D eigenvalue weighted by molar-refractivity contribution is 6.29. The molecule has 0 amide bonds. The molecule has 1 heterocycles. The highest BCUT2D eigenvalue weighted by Gasteiger charge is 2.29. The topological polar surface area (TPSA) is 38.9 Å². The van der Waals surface area contributed by atoms with Gasteiger partial charge in [-0.25, -0.2) is 4.98 Å². The molecule has 76 valence electrons. The van der Waals surface area contributed by atoms with Gasteiger partial charge in [-0.05, 0) is 24.5 Å². The van der Waals surface area contributed by atoms with Gasteiger partial charge in [-0.3, -0.25) is 0 Å². The number of rotatable bonds is 1. The molecule has 2 nitrogen and oxygen atoms in total. The zero-order chi connectivity index (χ0) is 10.0. The minimum atomic E-state index is -0.157. The van der Waals surface area contributed by atoms with Crippen LogP contribution in [0.25, 0.3) is 0 Å². The van der Waals surface area contributed by atoms with E-state index in [0.29, 0.717) is 5.15 Å². The number of halogens is 1.